The summed E-state index contributed by atoms with van der Waals surface area (Å²) in [4.78, 5) is 0.797. The van der Waals surface area contributed by atoms with E-state index in [-0.39, 0.29) is 5.92 Å². The van der Waals surface area contributed by atoms with Crippen molar-refractivity contribution in [1.29, 1.82) is 0 Å². The third-order valence-electron chi connectivity index (χ3n) is 3.99. The molecule has 1 aromatic heterocycles. The predicted octanol–water partition coefficient (Wildman–Crippen LogP) is 3.95. The van der Waals surface area contributed by atoms with Crippen LogP contribution in [-0.2, 0) is 0 Å². The van der Waals surface area contributed by atoms with Crippen LogP contribution in [0.15, 0.2) is 67.0 Å². The first kappa shape index (κ1) is 16.4. The van der Waals surface area contributed by atoms with Gasteiger partial charge in [-0.15, -0.1) is 0 Å². The summed E-state index contributed by atoms with van der Waals surface area (Å²) in [6, 6.07) is 18.4. The number of hydrogen-bond acceptors (Lipinski definition) is 3. The summed E-state index contributed by atoms with van der Waals surface area (Å²) < 4.78 is 0. The van der Waals surface area contributed by atoms with Gasteiger partial charge in [-0.2, -0.15) is 5.10 Å². The van der Waals surface area contributed by atoms with Crippen LogP contribution in [0.1, 0.15) is 17.9 Å². The lowest BCUT2D eigenvalue weighted by Gasteiger charge is -2.17. The summed E-state index contributed by atoms with van der Waals surface area (Å²) in [5, 5.41) is 10.1. The molecule has 0 amide bonds. The lowest BCUT2D eigenvalue weighted by atomic mass is 9.96. The monoisotopic (exact) mass is 336 g/mol. The molecule has 4 N–H and O–H groups in total. The van der Waals surface area contributed by atoms with Crippen molar-refractivity contribution in [3.63, 3.8) is 0 Å². The first-order valence-electron chi connectivity index (χ1n) is 7.90. The summed E-state index contributed by atoms with van der Waals surface area (Å²) in [6.07, 6.45) is 4.41. The van der Waals surface area contributed by atoms with Crippen molar-refractivity contribution < 1.29 is 0 Å². The Kier molecular flexibility index (Phi) is 5.36. The van der Waals surface area contributed by atoms with E-state index < -0.39 is 0 Å². The Morgan fingerprint density at radius 3 is 2.46 bits per heavy atom. The van der Waals surface area contributed by atoms with Gasteiger partial charge in [0, 0.05) is 29.8 Å². The Bertz CT molecular complexity index is 767. The topological polar surface area (TPSA) is 66.7 Å². The molecule has 0 radical (unpaired) electrons. The van der Waals surface area contributed by atoms with Crippen LogP contribution in [0.3, 0.4) is 0 Å². The average molecular weight is 336 g/mol. The molecule has 0 aliphatic carbocycles. The van der Waals surface area contributed by atoms with Crippen LogP contribution in [0.25, 0.3) is 11.1 Å². The Balaban J connectivity index is 1.62. The molecule has 24 heavy (non-hydrogen) atoms. The fourth-order valence-electron chi connectivity index (χ4n) is 2.65. The minimum absolute atomic E-state index is 0.233. The number of rotatable bonds is 6. The Morgan fingerprint density at radius 2 is 1.83 bits per heavy atom. The van der Waals surface area contributed by atoms with Gasteiger partial charge in [-0.1, -0.05) is 54.7 Å². The molecule has 1 heterocycles. The largest absolute Gasteiger partial charge is 0.350 e. The zero-order valence-corrected chi connectivity index (χ0v) is 14.1. The second kappa shape index (κ2) is 7.86. The van der Waals surface area contributed by atoms with Gasteiger partial charge >= 0.3 is 0 Å². The number of nitrogens with two attached hydrogens (primary N) is 1. The van der Waals surface area contributed by atoms with E-state index in [1.807, 2.05) is 48.7 Å². The van der Waals surface area contributed by atoms with Crippen LogP contribution in [0.2, 0.25) is 0 Å². The van der Waals surface area contributed by atoms with Gasteiger partial charge in [0.25, 0.3) is 0 Å². The summed E-state index contributed by atoms with van der Waals surface area (Å²) >= 11 is 5.51. The van der Waals surface area contributed by atoms with E-state index >= 15 is 0 Å². The smallest absolute Gasteiger partial charge is 0.0803 e. The number of aromatic nitrogens is 2. The number of anilines is 1. The van der Waals surface area contributed by atoms with Gasteiger partial charge in [0.15, 0.2) is 0 Å². The minimum atomic E-state index is 0.233. The molecule has 2 aromatic carbocycles. The summed E-state index contributed by atoms with van der Waals surface area (Å²) in [5.41, 5.74) is 10.3. The SMILES string of the molecule is NCC(CC(=S)Nc1ccc(-c2cn[nH]c2)cc1)c1ccccc1. The maximum Gasteiger partial charge on any atom is 0.0803 e. The molecule has 1 atom stereocenters. The maximum atomic E-state index is 5.92. The van der Waals surface area contributed by atoms with Gasteiger partial charge in [0.2, 0.25) is 0 Å². The van der Waals surface area contributed by atoms with Gasteiger partial charge in [-0.25, -0.2) is 0 Å². The van der Waals surface area contributed by atoms with Crippen LogP contribution >= 0.6 is 12.2 Å². The molecule has 0 aliphatic rings. The van der Waals surface area contributed by atoms with Gasteiger partial charge in [-0.05, 0) is 29.8 Å². The Hall–Kier alpha value is -2.50. The molecular weight excluding hydrogens is 316 g/mol. The molecule has 3 aromatic rings. The van der Waals surface area contributed by atoms with Gasteiger partial charge in [0.1, 0.15) is 0 Å². The molecule has 5 heteroatoms. The average Bonchev–Trinajstić information content (AvgIpc) is 3.16. The number of benzene rings is 2. The number of H-pyrrole nitrogens is 1. The fraction of sp³-hybridized carbons (Fsp3) is 0.158. The zero-order chi connectivity index (χ0) is 16.8. The summed E-state index contributed by atoms with van der Waals surface area (Å²) in [6.45, 7) is 0.575. The number of hydrogen-bond donors (Lipinski definition) is 3. The first-order valence-corrected chi connectivity index (χ1v) is 8.31. The van der Waals surface area contributed by atoms with Crippen LogP contribution in [0, 0.1) is 0 Å². The van der Waals surface area contributed by atoms with E-state index in [0.717, 1.165) is 28.2 Å². The van der Waals surface area contributed by atoms with E-state index in [0.29, 0.717) is 6.54 Å². The number of nitrogens with one attached hydrogen (secondary N) is 2. The molecule has 0 saturated carbocycles. The number of thiocarbonyl (C=S) groups is 1. The van der Waals surface area contributed by atoms with Crippen LogP contribution in [-0.4, -0.2) is 21.7 Å². The molecule has 122 valence electrons. The van der Waals surface area contributed by atoms with Gasteiger partial charge in [-0.3, -0.25) is 5.10 Å². The van der Waals surface area contributed by atoms with E-state index in [9.17, 15) is 0 Å². The predicted molar refractivity (Wildman–Crippen MR) is 103 cm³/mol. The van der Waals surface area contributed by atoms with Crippen molar-refractivity contribution in [1.82, 2.24) is 10.2 Å². The molecule has 0 bridgehead atoms. The van der Waals surface area contributed by atoms with Crippen molar-refractivity contribution in [3.05, 3.63) is 72.6 Å². The molecule has 1 unspecified atom stereocenters. The van der Waals surface area contributed by atoms with Gasteiger partial charge in [0.05, 0.1) is 11.2 Å². The highest BCUT2D eigenvalue weighted by Gasteiger charge is 2.12. The molecule has 0 fully saturated rings. The molecule has 0 aliphatic heterocycles. The van der Waals surface area contributed by atoms with E-state index in [1.165, 1.54) is 5.56 Å². The van der Waals surface area contributed by atoms with E-state index in [1.54, 1.807) is 6.20 Å². The first-order chi connectivity index (χ1) is 11.8. The minimum Gasteiger partial charge on any atom is -0.350 e. The number of nitrogens with zero attached hydrogens (tertiary/aromatic N) is 1. The van der Waals surface area contributed by atoms with Crippen molar-refractivity contribution in [2.24, 2.45) is 5.73 Å². The summed E-state index contributed by atoms with van der Waals surface area (Å²) in [7, 11) is 0. The molecule has 0 saturated heterocycles. The Labute approximate surface area is 147 Å². The molecule has 0 spiro atoms. The van der Waals surface area contributed by atoms with E-state index in [2.05, 4.69) is 27.6 Å². The molecular formula is C19H20N4S. The standard InChI is InChI=1S/C19H20N4S/c20-11-16(14-4-2-1-3-5-14)10-19(24)23-18-8-6-15(7-9-18)17-12-21-22-13-17/h1-9,12-13,16H,10-11,20H2,(H,21,22)(H,23,24). The number of aromatic amines is 1. The maximum absolute atomic E-state index is 5.92. The van der Waals surface area contributed by atoms with Crippen LogP contribution in [0.4, 0.5) is 5.69 Å². The molecule has 4 nitrogen and oxygen atoms in total. The third-order valence-corrected chi connectivity index (χ3v) is 4.26. The van der Waals surface area contributed by atoms with Crippen molar-refractivity contribution >= 4 is 22.9 Å². The Morgan fingerprint density at radius 1 is 1.08 bits per heavy atom. The molecule has 3 rings (SSSR count). The normalized spacial score (nSPS) is 11.9. The van der Waals surface area contributed by atoms with Gasteiger partial charge < -0.3 is 11.1 Å². The summed E-state index contributed by atoms with van der Waals surface area (Å²) in [5.74, 6) is 0.233. The van der Waals surface area contributed by atoms with E-state index in [4.69, 9.17) is 18.0 Å². The lowest BCUT2D eigenvalue weighted by molar-refractivity contribution is 0.732. The highest BCUT2D eigenvalue weighted by atomic mass is 32.1. The highest BCUT2D eigenvalue weighted by Crippen LogP contribution is 2.22. The zero-order valence-electron chi connectivity index (χ0n) is 13.3. The van der Waals surface area contributed by atoms with Crippen molar-refractivity contribution in [3.8, 4) is 11.1 Å². The fourth-order valence-corrected chi connectivity index (χ4v) is 2.97. The quantitative estimate of drug-likeness (QED) is 0.596. The third kappa shape index (κ3) is 4.07. The van der Waals surface area contributed by atoms with Crippen molar-refractivity contribution in [2.75, 3.05) is 11.9 Å². The van der Waals surface area contributed by atoms with Crippen LogP contribution < -0.4 is 11.1 Å². The highest BCUT2D eigenvalue weighted by molar-refractivity contribution is 7.80. The van der Waals surface area contributed by atoms with Crippen LogP contribution in [0.5, 0.6) is 0 Å². The second-order valence-electron chi connectivity index (χ2n) is 5.66. The van der Waals surface area contributed by atoms with Crippen molar-refractivity contribution in [2.45, 2.75) is 12.3 Å². The second-order valence-corrected chi connectivity index (χ2v) is 6.15. The lowest BCUT2D eigenvalue weighted by Crippen LogP contribution is -2.19.